The molecule has 1 saturated carbocycles. The zero-order valence-corrected chi connectivity index (χ0v) is 14.1. The SMILES string of the molecule is CCC1CCC(CN)(N2CCN(C(C)(C)C)CC2)CC1. The van der Waals surface area contributed by atoms with Gasteiger partial charge in [-0.25, -0.2) is 0 Å². The highest BCUT2D eigenvalue weighted by molar-refractivity contribution is 4.98. The first-order valence-corrected chi connectivity index (χ1v) is 8.61. The summed E-state index contributed by atoms with van der Waals surface area (Å²) in [6, 6.07) is 0. The van der Waals surface area contributed by atoms with Crippen LogP contribution in [0.1, 0.15) is 59.8 Å². The number of hydrogen-bond acceptors (Lipinski definition) is 3. The third-order valence-corrected chi connectivity index (χ3v) is 5.89. The van der Waals surface area contributed by atoms with Gasteiger partial charge in [-0.3, -0.25) is 9.80 Å². The van der Waals surface area contributed by atoms with Crippen molar-refractivity contribution in [3.63, 3.8) is 0 Å². The molecule has 0 radical (unpaired) electrons. The standard InChI is InChI=1S/C17H35N3/c1-5-15-6-8-17(14-18,9-7-15)20-12-10-19(11-13-20)16(2,3)4/h15H,5-14,18H2,1-4H3. The molecule has 1 saturated heterocycles. The summed E-state index contributed by atoms with van der Waals surface area (Å²) in [7, 11) is 0. The Labute approximate surface area is 125 Å². The summed E-state index contributed by atoms with van der Waals surface area (Å²) in [6.07, 6.45) is 6.74. The topological polar surface area (TPSA) is 32.5 Å². The predicted molar refractivity (Wildman–Crippen MR) is 86.9 cm³/mol. The van der Waals surface area contributed by atoms with Gasteiger partial charge in [0.25, 0.3) is 0 Å². The lowest BCUT2D eigenvalue weighted by Crippen LogP contribution is -2.63. The minimum Gasteiger partial charge on any atom is -0.329 e. The van der Waals surface area contributed by atoms with Gasteiger partial charge in [0.15, 0.2) is 0 Å². The molecule has 2 rings (SSSR count). The summed E-state index contributed by atoms with van der Waals surface area (Å²) in [4.78, 5) is 5.34. The van der Waals surface area contributed by atoms with Crippen molar-refractivity contribution >= 4 is 0 Å². The largest absolute Gasteiger partial charge is 0.329 e. The third kappa shape index (κ3) is 3.37. The Hall–Kier alpha value is -0.120. The van der Waals surface area contributed by atoms with Crippen molar-refractivity contribution in [1.82, 2.24) is 9.80 Å². The Kier molecular flexibility index (Phi) is 5.14. The monoisotopic (exact) mass is 281 g/mol. The summed E-state index contributed by atoms with van der Waals surface area (Å²) in [5.74, 6) is 0.950. The zero-order chi connectivity index (χ0) is 14.8. The highest BCUT2D eigenvalue weighted by atomic mass is 15.3. The maximum atomic E-state index is 6.22. The van der Waals surface area contributed by atoms with Gasteiger partial charge >= 0.3 is 0 Å². The Balaban J connectivity index is 1.94. The van der Waals surface area contributed by atoms with Crippen LogP contribution in [0.4, 0.5) is 0 Å². The molecule has 1 aliphatic heterocycles. The molecule has 20 heavy (non-hydrogen) atoms. The Morgan fingerprint density at radius 1 is 1.05 bits per heavy atom. The number of nitrogens with zero attached hydrogens (tertiary/aromatic N) is 2. The molecule has 0 spiro atoms. The van der Waals surface area contributed by atoms with Gasteiger partial charge in [-0.15, -0.1) is 0 Å². The summed E-state index contributed by atoms with van der Waals surface area (Å²) < 4.78 is 0. The van der Waals surface area contributed by atoms with Crippen molar-refractivity contribution in [2.45, 2.75) is 70.9 Å². The molecule has 2 fully saturated rings. The van der Waals surface area contributed by atoms with Gasteiger partial charge < -0.3 is 5.73 Å². The van der Waals surface area contributed by atoms with Gasteiger partial charge in [0.05, 0.1) is 0 Å². The van der Waals surface area contributed by atoms with Gasteiger partial charge in [-0.1, -0.05) is 13.3 Å². The fourth-order valence-corrected chi connectivity index (χ4v) is 4.12. The van der Waals surface area contributed by atoms with Crippen LogP contribution in [-0.4, -0.2) is 53.6 Å². The van der Waals surface area contributed by atoms with Crippen molar-refractivity contribution in [1.29, 1.82) is 0 Å². The molecular weight excluding hydrogens is 246 g/mol. The number of piperazine rings is 1. The van der Waals surface area contributed by atoms with E-state index in [-0.39, 0.29) is 0 Å². The highest BCUT2D eigenvalue weighted by Crippen LogP contribution is 2.38. The van der Waals surface area contributed by atoms with Crippen LogP contribution in [0.15, 0.2) is 0 Å². The van der Waals surface area contributed by atoms with Gasteiger partial charge in [-0.2, -0.15) is 0 Å². The average molecular weight is 281 g/mol. The van der Waals surface area contributed by atoms with E-state index in [2.05, 4.69) is 37.5 Å². The lowest BCUT2D eigenvalue weighted by Gasteiger charge is -2.52. The Morgan fingerprint density at radius 2 is 1.60 bits per heavy atom. The van der Waals surface area contributed by atoms with Crippen LogP contribution in [0.2, 0.25) is 0 Å². The lowest BCUT2D eigenvalue weighted by atomic mass is 9.74. The quantitative estimate of drug-likeness (QED) is 0.863. The molecule has 118 valence electrons. The first-order chi connectivity index (χ1) is 9.41. The van der Waals surface area contributed by atoms with Crippen LogP contribution in [0, 0.1) is 5.92 Å². The molecule has 0 unspecified atom stereocenters. The molecule has 0 aromatic rings. The first-order valence-electron chi connectivity index (χ1n) is 8.61. The zero-order valence-electron chi connectivity index (χ0n) is 14.1. The van der Waals surface area contributed by atoms with E-state index in [1.807, 2.05) is 0 Å². The van der Waals surface area contributed by atoms with Crippen molar-refractivity contribution < 1.29 is 0 Å². The van der Waals surface area contributed by atoms with Crippen molar-refractivity contribution in [2.75, 3.05) is 32.7 Å². The van der Waals surface area contributed by atoms with E-state index in [1.165, 1.54) is 58.3 Å². The second kappa shape index (κ2) is 6.33. The summed E-state index contributed by atoms with van der Waals surface area (Å²) in [5, 5.41) is 0. The van der Waals surface area contributed by atoms with Crippen LogP contribution >= 0.6 is 0 Å². The molecule has 0 aromatic carbocycles. The van der Waals surface area contributed by atoms with Crippen molar-refractivity contribution in [3.05, 3.63) is 0 Å². The van der Waals surface area contributed by atoms with Crippen LogP contribution in [-0.2, 0) is 0 Å². The smallest absolute Gasteiger partial charge is 0.0333 e. The number of nitrogens with two attached hydrogens (primary N) is 1. The Morgan fingerprint density at radius 3 is 2.00 bits per heavy atom. The van der Waals surface area contributed by atoms with E-state index in [1.54, 1.807) is 0 Å². The maximum Gasteiger partial charge on any atom is 0.0333 e. The minimum atomic E-state index is 0.307. The highest BCUT2D eigenvalue weighted by Gasteiger charge is 2.40. The molecule has 2 N–H and O–H groups in total. The van der Waals surface area contributed by atoms with Crippen LogP contribution < -0.4 is 5.73 Å². The summed E-state index contributed by atoms with van der Waals surface area (Å²) in [6.45, 7) is 15.0. The molecule has 0 aromatic heterocycles. The molecule has 0 amide bonds. The predicted octanol–water partition coefficient (Wildman–Crippen LogP) is 2.70. The van der Waals surface area contributed by atoms with Crippen LogP contribution in [0.3, 0.4) is 0 Å². The molecule has 3 heteroatoms. The van der Waals surface area contributed by atoms with E-state index < -0.39 is 0 Å². The van der Waals surface area contributed by atoms with Gasteiger partial charge in [-0.05, 0) is 52.4 Å². The summed E-state index contributed by atoms with van der Waals surface area (Å²) in [5.41, 5.74) is 6.84. The lowest BCUT2D eigenvalue weighted by molar-refractivity contribution is -0.0186. The normalized spacial score (nSPS) is 34.4. The fraction of sp³-hybridized carbons (Fsp3) is 1.00. The molecule has 3 nitrogen and oxygen atoms in total. The first kappa shape index (κ1) is 16.3. The minimum absolute atomic E-state index is 0.307. The van der Waals surface area contributed by atoms with Crippen LogP contribution in [0.25, 0.3) is 0 Å². The second-order valence-corrected chi connectivity index (χ2v) is 7.93. The third-order valence-electron chi connectivity index (χ3n) is 5.89. The molecule has 0 atom stereocenters. The molecule has 0 bridgehead atoms. The van der Waals surface area contributed by atoms with E-state index in [0.717, 1.165) is 12.5 Å². The van der Waals surface area contributed by atoms with E-state index >= 15 is 0 Å². The second-order valence-electron chi connectivity index (χ2n) is 7.93. The molecule has 1 heterocycles. The fourth-order valence-electron chi connectivity index (χ4n) is 4.12. The van der Waals surface area contributed by atoms with Gasteiger partial charge in [0.2, 0.25) is 0 Å². The van der Waals surface area contributed by atoms with E-state index in [0.29, 0.717) is 11.1 Å². The summed E-state index contributed by atoms with van der Waals surface area (Å²) >= 11 is 0. The maximum absolute atomic E-state index is 6.22. The van der Waals surface area contributed by atoms with Gasteiger partial charge in [0, 0.05) is 43.8 Å². The Bertz CT molecular complexity index is 292. The van der Waals surface area contributed by atoms with Crippen LogP contribution in [0.5, 0.6) is 0 Å². The molecular formula is C17H35N3. The van der Waals surface area contributed by atoms with Crippen molar-refractivity contribution in [3.8, 4) is 0 Å². The van der Waals surface area contributed by atoms with Crippen molar-refractivity contribution in [2.24, 2.45) is 11.7 Å². The number of hydrogen-bond donors (Lipinski definition) is 1. The van der Waals surface area contributed by atoms with Gasteiger partial charge in [0.1, 0.15) is 0 Å². The average Bonchev–Trinajstić information content (AvgIpc) is 2.46. The van der Waals surface area contributed by atoms with E-state index in [4.69, 9.17) is 5.73 Å². The number of rotatable bonds is 3. The molecule has 1 aliphatic carbocycles. The molecule has 2 aliphatic rings. The van der Waals surface area contributed by atoms with E-state index in [9.17, 15) is 0 Å².